The number of ether oxygens (including phenoxy) is 3. The molecule has 8 nitrogen and oxygen atoms in total. The lowest BCUT2D eigenvalue weighted by Crippen LogP contribution is -2.49. The van der Waals surface area contributed by atoms with Crippen molar-refractivity contribution in [2.45, 2.75) is 23.8 Å². The van der Waals surface area contributed by atoms with E-state index in [9.17, 15) is 26.4 Å². The van der Waals surface area contributed by atoms with Gasteiger partial charge in [0.2, 0.25) is 10.0 Å². The molecule has 0 saturated carbocycles. The fraction of sp³-hybridized carbons (Fsp3) is 0.345. The number of carbonyl (C=O) groups is 1. The fourth-order valence-electron chi connectivity index (χ4n) is 4.50. The van der Waals surface area contributed by atoms with Crippen LogP contribution >= 0.6 is 0 Å². The summed E-state index contributed by atoms with van der Waals surface area (Å²) in [7, 11) is -1.04. The maximum Gasteiger partial charge on any atom is 0.416 e. The van der Waals surface area contributed by atoms with Gasteiger partial charge in [-0.25, -0.2) is 13.2 Å². The quantitative estimate of drug-likeness (QED) is 0.314. The highest BCUT2D eigenvalue weighted by Gasteiger charge is 2.33. The molecule has 1 aliphatic heterocycles. The number of benzene rings is 3. The van der Waals surface area contributed by atoms with Crippen LogP contribution in [0.5, 0.6) is 5.75 Å². The Hall–Kier alpha value is -3.45. The molecule has 0 N–H and O–H groups in total. The zero-order valence-electron chi connectivity index (χ0n) is 22.6. The van der Waals surface area contributed by atoms with Crippen LogP contribution in [0.2, 0.25) is 0 Å². The Bertz CT molecular complexity index is 1420. The van der Waals surface area contributed by atoms with Gasteiger partial charge >= 0.3 is 12.1 Å². The molecule has 0 amide bonds. The predicted molar refractivity (Wildman–Crippen MR) is 145 cm³/mol. The average Bonchev–Trinajstić information content (AvgIpc) is 2.99. The number of alkyl halides is 3. The Labute approximate surface area is 237 Å². The van der Waals surface area contributed by atoms with Crippen LogP contribution in [0.1, 0.15) is 33.2 Å². The first kappa shape index (κ1) is 30.5. The Morgan fingerprint density at radius 3 is 2.17 bits per heavy atom. The molecule has 0 spiro atoms. The van der Waals surface area contributed by atoms with E-state index in [4.69, 9.17) is 14.2 Å². The third kappa shape index (κ3) is 7.64. The molecular formula is C29H31F3N2O6S. The molecule has 0 unspecified atom stereocenters. The van der Waals surface area contributed by atoms with E-state index in [1.165, 1.54) is 11.4 Å². The summed E-state index contributed by atoms with van der Waals surface area (Å²) in [5.41, 5.74) is 1.28. The van der Waals surface area contributed by atoms with Crippen molar-refractivity contribution >= 4 is 16.0 Å². The van der Waals surface area contributed by atoms with Gasteiger partial charge in [-0.05, 0) is 59.7 Å². The molecule has 1 fully saturated rings. The lowest BCUT2D eigenvalue weighted by Gasteiger charge is -2.36. The summed E-state index contributed by atoms with van der Waals surface area (Å²) in [4.78, 5) is 13.6. The molecule has 1 atom stereocenters. The van der Waals surface area contributed by atoms with Crippen molar-refractivity contribution in [3.63, 3.8) is 0 Å². The lowest BCUT2D eigenvalue weighted by atomic mass is 10.1. The summed E-state index contributed by atoms with van der Waals surface area (Å²) in [5.74, 6) is 0.247. The highest BCUT2D eigenvalue weighted by Crippen LogP contribution is 2.31. The molecule has 1 aliphatic rings. The van der Waals surface area contributed by atoms with Crippen LogP contribution in [0.4, 0.5) is 13.2 Å². The number of piperazine rings is 1. The molecule has 0 bridgehead atoms. The van der Waals surface area contributed by atoms with Crippen LogP contribution in [-0.2, 0) is 32.3 Å². The molecule has 3 aromatic carbocycles. The average molecular weight is 593 g/mol. The standard InChI is InChI=1S/C29H31F3N2O6S/c1-38-25-5-3-4-23(18-25)27(40-20-21-6-8-22(9-7-21)28(35)39-2)19-33-14-16-34(17-15-33)41(36,37)26-12-10-24(11-13-26)29(30,31)32/h3-13,18,27H,14-17,19-20H2,1-2H3/t27-/m1/s1. The minimum absolute atomic E-state index is 0.172. The number of rotatable bonds is 10. The van der Waals surface area contributed by atoms with Gasteiger partial charge in [-0.1, -0.05) is 24.3 Å². The highest BCUT2D eigenvalue weighted by molar-refractivity contribution is 7.89. The van der Waals surface area contributed by atoms with Gasteiger partial charge in [0.25, 0.3) is 0 Å². The van der Waals surface area contributed by atoms with Crippen LogP contribution in [0.25, 0.3) is 0 Å². The first-order chi connectivity index (χ1) is 19.5. The number of hydrogen-bond acceptors (Lipinski definition) is 7. The number of hydrogen-bond donors (Lipinski definition) is 0. The molecule has 0 aromatic heterocycles. The molecular weight excluding hydrogens is 561 g/mol. The van der Waals surface area contributed by atoms with Gasteiger partial charge in [0.1, 0.15) is 5.75 Å². The number of nitrogens with zero attached hydrogens (tertiary/aromatic N) is 2. The van der Waals surface area contributed by atoms with Gasteiger partial charge in [0, 0.05) is 32.7 Å². The molecule has 0 aliphatic carbocycles. The SMILES string of the molecule is COC(=O)c1ccc(CO[C@H](CN2CCN(S(=O)(=O)c3ccc(C(F)(F)F)cc3)CC2)c2cccc(OC)c2)cc1. The summed E-state index contributed by atoms with van der Waals surface area (Å²) in [6, 6.07) is 18.0. The summed E-state index contributed by atoms with van der Waals surface area (Å²) in [5, 5.41) is 0. The molecule has 220 valence electrons. The van der Waals surface area contributed by atoms with Gasteiger partial charge in [-0.15, -0.1) is 0 Å². The molecule has 1 saturated heterocycles. The highest BCUT2D eigenvalue weighted by atomic mass is 32.2. The smallest absolute Gasteiger partial charge is 0.416 e. The van der Waals surface area contributed by atoms with Crippen molar-refractivity contribution in [3.8, 4) is 5.75 Å². The summed E-state index contributed by atoms with van der Waals surface area (Å²) < 4.78 is 82.5. The van der Waals surface area contributed by atoms with Crippen LogP contribution in [-0.4, -0.2) is 70.5 Å². The Balaban J connectivity index is 1.42. The first-order valence-electron chi connectivity index (χ1n) is 12.8. The number of halogens is 3. The Kier molecular flexibility index (Phi) is 9.69. The van der Waals surface area contributed by atoms with E-state index in [2.05, 4.69) is 4.90 Å². The first-order valence-corrected chi connectivity index (χ1v) is 14.3. The second-order valence-electron chi connectivity index (χ2n) is 9.49. The molecule has 12 heteroatoms. The van der Waals surface area contributed by atoms with E-state index in [-0.39, 0.29) is 30.7 Å². The lowest BCUT2D eigenvalue weighted by molar-refractivity contribution is -0.137. The maximum atomic E-state index is 13.1. The van der Waals surface area contributed by atoms with E-state index >= 15 is 0 Å². The third-order valence-corrected chi connectivity index (χ3v) is 8.78. The normalized spacial score (nSPS) is 15.8. The van der Waals surface area contributed by atoms with Crippen molar-refractivity contribution in [3.05, 3.63) is 95.1 Å². The van der Waals surface area contributed by atoms with Crippen molar-refractivity contribution in [1.82, 2.24) is 9.21 Å². The zero-order chi connectivity index (χ0) is 29.6. The van der Waals surface area contributed by atoms with Crippen LogP contribution < -0.4 is 4.74 Å². The number of esters is 1. The fourth-order valence-corrected chi connectivity index (χ4v) is 5.92. The van der Waals surface area contributed by atoms with Crippen molar-refractivity contribution in [1.29, 1.82) is 0 Å². The van der Waals surface area contributed by atoms with Crippen LogP contribution in [0, 0.1) is 0 Å². The molecule has 41 heavy (non-hydrogen) atoms. The van der Waals surface area contributed by atoms with Crippen molar-refractivity contribution in [2.75, 3.05) is 46.9 Å². The zero-order valence-corrected chi connectivity index (χ0v) is 23.5. The molecule has 1 heterocycles. The second-order valence-corrected chi connectivity index (χ2v) is 11.4. The van der Waals surface area contributed by atoms with E-state index in [0.717, 1.165) is 35.4 Å². The summed E-state index contributed by atoms with van der Waals surface area (Å²) in [6.45, 7) is 1.94. The number of sulfonamides is 1. The van der Waals surface area contributed by atoms with Gasteiger partial charge in [-0.2, -0.15) is 17.5 Å². The van der Waals surface area contributed by atoms with Crippen molar-refractivity contribution < 1.29 is 40.6 Å². The van der Waals surface area contributed by atoms with E-state index in [1.54, 1.807) is 31.4 Å². The number of carbonyl (C=O) groups excluding carboxylic acids is 1. The minimum atomic E-state index is -4.54. The number of methoxy groups -OCH3 is 2. The summed E-state index contributed by atoms with van der Waals surface area (Å²) >= 11 is 0. The minimum Gasteiger partial charge on any atom is -0.497 e. The van der Waals surface area contributed by atoms with Gasteiger partial charge in [0.05, 0.1) is 43.0 Å². The maximum absolute atomic E-state index is 13.1. The molecule has 0 radical (unpaired) electrons. The van der Waals surface area contributed by atoms with Crippen LogP contribution in [0.15, 0.2) is 77.7 Å². The van der Waals surface area contributed by atoms with E-state index in [0.29, 0.717) is 30.9 Å². The predicted octanol–water partition coefficient (Wildman–Crippen LogP) is 4.77. The second kappa shape index (κ2) is 13.0. The van der Waals surface area contributed by atoms with E-state index in [1.807, 2.05) is 24.3 Å². The largest absolute Gasteiger partial charge is 0.497 e. The molecule has 3 aromatic rings. The van der Waals surface area contributed by atoms with Crippen molar-refractivity contribution in [2.24, 2.45) is 0 Å². The third-order valence-electron chi connectivity index (χ3n) is 6.87. The van der Waals surface area contributed by atoms with Gasteiger partial charge in [-0.3, -0.25) is 4.90 Å². The van der Waals surface area contributed by atoms with Crippen LogP contribution in [0.3, 0.4) is 0 Å². The van der Waals surface area contributed by atoms with E-state index < -0.39 is 27.7 Å². The Morgan fingerprint density at radius 1 is 0.927 bits per heavy atom. The topological polar surface area (TPSA) is 85.4 Å². The van der Waals surface area contributed by atoms with Gasteiger partial charge in [0.15, 0.2) is 0 Å². The molecule has 4 rings (SSSR count). The summed E-state index contributed by atoms with van der Waals surface area (Å²) in [6.07, 6.45) is -4.91. The Morgan fingerprint density at radius 2 is 1.59 bits per heavy atom. The monoisotopic (exact) mass is 592 g/mol. The van der Waals surface area contributed by atoms with Gasteiger partial charge < -0.3 is 14.2 Å².